The van der Waals surface area contributed by atoms with Crippen LogP contribution in [0.4, 0.5) is 5.69 Å². The molecule has 5 atom stereocenters. The van der Waals surface area contributed by atoms with Gasteiger partial charge >= 0.3 is 17.9 Å². The first-order valence-corrected chi connectivity index (χ1v) is 16.5. The molecule has 0 aromatic carbocycles. The summed E-state index contributed by atoms with van der Waals surface area (Å²) >= 11 is 6.46. The Kier molecular flexibility index (Phi) is 15.4. The molecular formula is C32H44ClN5O12. The topological polar surface area (TPSA) is 191 Å². The van der Waals surface area contributed by atoms with Gasteiger partial charge in [0.25, 0.3) is 0 Å². The highest BCUT2D eigenvalue weighted by Gasteiger charge is 2.51. The van der Waals surface area contributed by atoms with Gasteiger partial charge in [-0.3, -0.25) is 19.7 Å². The van der Waals surface area contributed by atoms with Gasteiger partial charge in [-0.2, -0.15) is 5.10 Å². The number of carbonyl (C=O) groups excluding carboxylic acids is 3. The van der Waals surface area contributed by atoms with Crippen LogP contribution in [0.1, 0.15) is 27.0 Å². The molecule has 2 aromatic rings. The molecule has 4 rings (SSSR count). The van der Waals surface area contributed by atoms with E-state index in [1.807, 2.05) is 4.90 Å². The SMILES string of the molecule is C#CCOCCOCCOCCOCCNC(O)C1CN(c2cc(Cl)nc3c2cnn3[C@@H]2O[C@H](COC(C)=O)[C@@H](OC(C)=O)[C@H]2OC(C)=O)C1. The Morgan fingerprint density at radius 3 is 2.24 bits per heavy atom. The Hall–Kier alpha value is -3.60. The molecule has 0 spiro atoms. The van der Waals surface area contributed by atoms with Crippen LogP contribution in [0.25, 0.3) is 11.0 Å². The van der Waals surface area contributed by atoms with Crippen molar-refractivity contribution in [3.05, 3.63) is 17.4 Å². The third-order valence-corrected chi connectivity index (χ3v) is 7.89. The Bertz CT molecular complexity index is 1460. The highest BCUT2D eigenvalue weighted by atomic mass is 35.5. The van der Waals surface area contributed by atoms with E-state index in [1.165, 1.54) is 25.5 Å². The summed E-state index contributed by atoms with van der Waals surface area (Å²) in [5.41, 5.74) is 1.06. The maximum Gasteiger partial charge on any atom is 0.303 e. The number of aliphatic hydroxyl groups excluding tert-OH is 1. The van der Waals surface area contributed by atoms with Crippen molar-refractivity contribution in [1.82, 2.24) is 20.1 Å². The van der Waals surface area contributed by atoms with Gasteiger partial charge in [-0.15, -0.1) is 6.42 Å². The predicted octanol–water partition coefficient (Wildman–Crippen LogP) is 0.452. The summed E-state index contributed by atoms with van der Waals surface area (Å²) in [5, 5.41) is 19.1. The molecule has 2 fully saturated rings. The quantitative estimate of drug-likeness (QED) is 0.0450. The molecule has 0 bridgehead atoms. The molecule has 1 unspecified atom stereocenters. The lowest BCUT2D eigenvalue weighted by molar-refractivity contribution is -0.166. The van der Waals surface area contributed by atoms with Crippen LogP contribution in [0.3, 0.4) is 0 Å². The van der Waals surface area contributed by atoms with Crippen LogP contribution >= 0.6 is 11.6 Å². The maximum atomic E-state index is 12.1. The summed E-state index contributed by atoms with van der Waals surface area (Å²) in [7, 11) is 0. The van der Waals surface area contributed by atoms with Gasteiger partial charge in [0.05, 0.1) is 63.5 Å². The standard InChI is InChI=1S/C32H44ClN5O12/c1-5-7-43-9-11-45-13-14-46-12-10-44-8-6-34-31(42)23-17-37(18-23)25-15-27(33)36-30-24(25)16-35-38(30)32-29(49-22(4)41)28(48-21(3)40)26(50-32)19-47-20(2)39/h1,15-16,23,26,28-29,31-32,34,42H,6-14,17-19H2,2-4H3/t26-,28-,29-,31?,32-/m1/s1. The van der Waals surface area contributed by atoms with Gasteiger partial charge in [0.1, 0.15) is 30.7 Å². The van der Waals surface area contributed by atoms with E-state index in [0.29, 0.717) is 76.9 Å². The monoisotopic (exact) mass is 725 g/mol. The minimum absolute atomic E-state index is 0.0645. The molecule has 2 aliphatic heterocycles. The van der Waals surface area contributed by atoms with Crippen molar-refractivity contribution >= 4 is 46.2 Å². The molecule has 0 saturated carbocycles. The van der Waals surface area contributed by atoms with Crippen LogP contribution in [0, 0.1) is 18.3 Å². The zero-order chi connectivity index (χ0) is 36.0. The summed E-state index contributed by atoms with van der Waals surface area (Å²) in [5.74, 6) is 0.471. The molecule has 4 heterocycles. The smallest absolute Gasteiger partial charge is 0.303 e. The second-order valence-corrected chi connectivity index (χ2v) is 11.9. The van der Waals surface area contributed by atoms with E-state index in [0.717, 1.165) is 5.69 Å². The fourth-order valence-electron chi connectivity index (χ4n) is 5.46. The molecule has 2 aromatic heterocycles. The van der Waals surface area contributed by atoms with Crippen LogP contribution in [-0.4, -0.2) is 141 Å². The summed E-state index contributed by atoms with van der Waals surface area (Å²) in [4.78, 5) is 42.0. The van der Waals surface area contributed by atoms with Crippen LogP contribution in [0.5, 0.6) is 0 Å². The number of nitrogens with zero attached hydrogens (tertiary/aromatic N) is 4. The lowest BCUT2D eigenvalue weighted by Gasteiger charge is -2.43. The van der Waals surface area contributed by atoms with E-state index < -0.39 is 48.7 Å². The van der Waals surface area contributed by atoms with Gasteiger partial charge in [0.15, 0.2) is 24.1 Å². The summed E-state index contributed by atoms with van der Waals surface area (Å²) in [6, 6.07) is 1.70. The molecule has 17 nitrogen and oxygen atoms in total. The Morgan fingerprint density at radius 1 is 1.00 bits per heavy atom. The van der Waals surface area contributed by atoms with Crippen molar-refractivity contribution in [2.24, 2.45) is 5.92 Å². The Morgan fingerprint density at radius 2 is 1.62 bits per heavy atom. The van der Waals surface area contributed by atoms with Crippen molar-refractivity contribution in [1.29, 1.82) is 0 Å². The zero-order valence-electron chi connectivity index (χ0n) is 28.3. The number of esters is 3. The van der Waals surface area contributed by atoms with Gasteiger partial charge in [0, 0.05) is 46.3 Å². The molecule has 276 valence electrons. The average molecular weight is 726 g/mol. The first kappa shape index (κ1) is 39.2. The third-order valence-electron chi connectivity index (χ3n) is 7.69. The summed E-state index contributed by atoms with van der Waals surface area (Å²) in [6.07, 6.45) is 1.65. The fourth-order valence-corrected chi connectivity index (χ4v) is 5.64. The second-order valence-electron chi connectivity index (χ2n) is 11.5. The number of hydrogen-bond donors (Lipinski definition) is 2. The number of aliphatic hydroxyl groups is 1. The third kappa shape index (κ3) is 11.2. The second kappa shape index (κ2) is 19.7. The number of hydrogen-bond acceptors (Lipinski definition) is 16. The molecule has 18 heteroatoms. The van der Waals surface area contributed by atoms with E-state index in [1.54, 1.807) is 12.3 Å². The zero-order valence-corrected chi connectivity index (χ0v) is 29.0. The van der Waals surface area contributed by atoms with Gasteiger partial charge in [0.2, 0.25) is 0 Å². The van der Waals surface area contributed by atoms with Crippen molar-refractivity contribution < 1.29 is 57.4 Å². The number of pyridine rings is 1. The number of terminal acetylenes is 1. The molecule has 2 saturated heterocycles. The normalized spacial score (nSPS) is 21.1. The number of ether oxygens (including phenoxy) is 8. The molecule has 2 aliphatic rings. The lowest BCUT2D eigenvalue weighted by atomic mass is 9.97. The van der Waals surface area contributed by atoms with E-state index in [9.17, 15) is 19.5 Å². The minimum atomic E-state index is -1.13. The number of aromatic nitrogens is 3. The van der Waals surface area contributed by atoms with Crippen LogP contribution in [0.2, 0.25) is 5.15 Å². The first-order valence-electron chi connectivity index (χ1n) is 16.2. The number of fused-ring (bicyclic) bond motifs is 1. The molecule has 0 aliphatic carbocycles. The Labute approximate surface area is 294 Å². The number of carbonyl (C=O) groups is 3. The van der Waals surface area contributed by atoms with E-state index >= 15 is 0 Å². The largest absolute Gasteiger partial charge is 0.463 e. The van der Waals surface area contributed by atoms with Gasteiger partial charge in [-0.25, -0.2) is 9.67 Å². The Balaban J connectivity index is 1.27. The van der Waals surface area contributed by atoms with Gasteiger partial charge in [-0.1, -0.05) is 17.5 Å². The summed E-state index contributed by atoms with van der Waals surface area (Å²) < 4.78 is 45.1. The minimum Gasteiger partial charge on any atom is -0.463 e. The van der Waals surface area contributed by atoms with Crippen molar-refractivity contribution in [2.45, 2.75) is 51.5 Å². The molecule has 0 amide bonds. The van der Waals surface area contributed by atoms with Crippen molar-refractivity contribution in [3.63, 3.8) is 0 Å². The number of anilines is 1. The average Bonchev–Trinajstić information content (AvgIpc) is 3.59. The summed E-state index contributed by atoms with van der Waals surface area (Å²) in [6.45, 7) is 8.21. The molecular weight excluding hydrogens is 682 g/mol. The maximum absolute atomic E-state index is 12.1. The van der Waals surface area contributed by atoms with Crippen LogP contribution < -0.4 is 10.2 Å². The van der Waals surface area contributed by atoms with Gasteiger partial charge in [-0.05, 0) is 6.07 Å². The molecule has 50 heavy (non-hydrogen) atoms. The van der Waals surface area contributed by atoms with Crippen LogP contribution in [0.15, 0.2) is 12.3 Å². The van der Waals surface area contributed by atoms with E-state index in [4.69, 9.17) is 55.9 Å². The van der Waals surface area contributed by atoms with Crippen LogP contribution in [-0.2, 0) is 52.3 Å². The molecule has 2 N–H and O–H groups in total. The molecule has 0 radical (unpaired) electrons. The number of halogens is 1. The van der Waals surface area contributed by atoms with Crippen molar-refractivity contribution in [2.75, 3.05) is 84.0 Å². The van der Waals surface area contributed by atoms with Crippen molar-refractivity contribution in [3.8, 4) is 12.3 Å². The fraction of sp³-hybridized carbons (Fsp3) is 0.656. The highest BCUT2D eigenvalue weighted by molar-refractivity contribution is 6.30. The lowest BCUT2D eigenvalue weighted by Crippen LogP contribution is -2.56. The highest BCUT2D eigenvalue weighted by Crippen LogP contribution is 2.39. The van der Waals surface area contributed by atoms with E-state index in [-0.39, 0.29) is 24.3 Å². The van der Waals surface area contributed by atoms with E-state index in [2.05, 4.69) is 21.3 Å². The van der Waals surface area contributed by atoms with Gasteiger partial charge < -0.3 is 47.9 Å². The number of nitrogens with one attached hydrogen (secondary N) is 1. The first-order chi connectivity index (χ1) is 24.1. The number of rotatable bonds is 21. The predicted molar refractivity (Wildman–Crippen MR) is 176 cm³/mol.